The molecule has 0 spiro atoms. The Morgan fingerprint density at radius 3 is 2.58 bits per heavy atom. The third-order valence-corrected chi connectivity index (χ3v) is 3.97. The first-order chi connectivity index (χ1) is 9.24. The van der Waals surface area contributed by atoms with Gasteiger partial charge in [-0.1, -0.05) is 11.6 Å². The Balaban J connectivity index is 1.75. The van der Waals surface area contributed by atoms with Crippen molar-refractivity contribution in [2.24, 2.45) is 0 Å². The molecule has 100 valence electrons. The van der Waals surface area contributed by atoms with E-state index in [1.54, 1.807) is 0 Å². The SMILES string of the molecule is O=C1C[NH+]=C(Nc2ccc(Cl)cc2)N1C1CCCC1. The van der Waals surface area contributed by atoms with Crippen molar-refractivity contribution in [1.82, 2.24) is 4.90 Å². The van der Waals surface area contributed by atoms with Gasteiger partial charge in [-0.05, 0) is 49.9 Å². The van der Waals surface area contributed by atoms with Crippen molar-refractivity contribution >= 4 is 29.2 Å². The molecule has 1 aromatic rings. The highest BCUT2D eigenvalue weighted by Gasteiger charge is 2.40. The highest BCUT2D eigenvalue weighted by Crippen LogP contribution is 2.24. The lowest BCUT2D eigenvalue weighted by molar-refractivity contribution is -0.438. The fraction of sp³-hybridized carbons (Fsp3) is 0.429. The van der Waals surface area contributed by atoms with Crippen LogP contribution in [0.15, 0.2) is 24.3 Å². The second kappa shape index (κ2) is 5.21. The number of anilines is 1. The van der Waals surface area contributed by atoms with Crippen LogP contribution in [0.1, 0.15) is 25.7 Å². The summed E-state index contributed by atoms with van der Waals surface area (Å²) in [4.78, 5) is 17.0. The van der Waals surface area contributed by atoms with Crippen molar-refractivity contribution in [3.05, 3.63) is 29.3 Å². The molecule has 0 radical (unpaired) electrons. The number of carbonyl (C=O) groups is 1. The highest BCUT2D eigenvalue weighted by atomic mass is 35.5. The van der Waals surface area contributed by atoms with Gasteiger partial charge in [0.1, 0.15) is 0 Å². The smallest absolute Gasteiger partial charge is 0.266 e. The third kappa shape index (κ3) is 2.59. The zero-order valence-corrected chi connectivity index (χ0v) is 11.4. The van der Waals surface area contributed by atoms with E-state index in [-0.39, 0.29) is 5.91 Å². The predicted molar refractivity (Wildman–Crippen MR) is 75.0 cm³/mol. The van der Waals surface area contributed by atoms with Crippen LogP contribution in [0.5, 0.6) is 0 Å². The first-order valence-electron chi connectivity index (χ1n) is 6.69. The maximum atomic E-state index is 12.0. The van der Waals surface area contributed by atoms with Crippen molar-refractivity contribution in [3.8, 4) is 0 Å². The van der Waals surface area contributed by atoms with Crippen LogP contribution in [0.3, 0.4) is 0 Å². The minimum absolute atomic E-state index is 0.156. The average Bonchev–Trinajstić information content (AvgIpc) is 3.02. The Bertz CT molecular complexity index is 506. The number of guanidine groups is 1. The van der Waals surface area contributed by atoms with E-state index in [9.17, 15) is 4.79 Å². The van der Waals surface area contributed by atoms with Gasteiger partial charge in [0.05, 0.1) is 11.7 Å². The van der Waals surface area contributed by atoms with E-state index in [1.807, 2.05) is 29.2 Å². The van der Waals surface area contributed by atoms with Gasteiger partial charge in [0.2, 0.25) is 0 Å². The number of rotatable bonds is 2. The highest BCUT2D eigenvalue weighted by molar-refractivity contribution is 6.30. The largest absolute Gasteiger partial charge is 0.358 e. The summed E-state index contributed by atoms with van der Waals surface area (Å²) in [7, 11) is 0. The van der Waals surface area contributed by atoms with Gasteiger partial charge in [-0.15, -0.1) is 0 Å². The van der Waals surface area contributed by atoms with Crippen LogP contribution in [0, 0.1) is 0 Å². The van der Waals surface area contributed by atoms with Gasteiger partial charge in [0.15, 0.2) is 6.54 Å². The van der Waals surface area contributed by atoms with Crippen LogP contribution >= 0.6 is 11.6 Å². The lowest BCUT2D eigenvalue weighted by atomic mass is 10.2. The number of amides is 1. The van der Waals surface area contributed by atoms with Crippen LogP contribution < -0.4 is 10.3 Å². The molecule has 0 aromatic heterocycles. The second-order valence-corrected chi connectivity index (χ2v) is 5.47. The van der Waals surface area contributed by atoms with Crippen molar-refractivity contribution in [1.29, 1.82) is 0 Å². The van der Waals surface area contributed by atoms with Gasteiger partial charge in [0, 0.05) is 5.02 Å². The van der Waals surface area contributed by atoms with E-state index in [0.29, 0.717) is 17.6 Å². The molecule has 1 amide bonds. The first kappa shape index (κ1) is 12.5. The predicted octanol–water partition coefficient (Wildman–Crippen LogP) is 0.973. The molecule has 19 heavy (non-hydrogen) atoms. The summed E-state index contributed by atoms with van der Waals surface area (Å²) in [5.74, 6) is 0.961. The molecule has 1 aliphatic heterocycles. The Labute approximate surface area is 117 Å². The molecule has 0 saturated heterocycles. The number of hydrogen-bond donors (Lipinski definition) is 2. The fourth-order valence-corrected chi connectivity index (χ4v) is 2.90. The normalized spacial score (nSPS) is 19.9. The van der Waals surface area contributed by atoms with Crippen molar-refractivity contribution in [2.75, 3.05) is 11.9 Å². The summed E-state index contributed by atoms with van der Waals surface area (Å²) < 4.78 is 0. The summed E-state index contributed by atoms with van der Waals surface area (Å²) >= 11 is 5.87. The van der Waals surface area contributed by atoms with E-state index in [1.165, 1.54) is 12.8 Å². The maximum absolute atomic E-state index is 12.0. The van der Waals surface area contributed by atoms with E-state index in [2.05, 4.69) is 10.3 Å². The molecule has 1 aliphatic carbocycles. The van der Waals surface area contributed by atoms with Gasteiger partial charge in [-0.25, -0.2) is 5.32 Å². The van der Waals surface area contributed by atoms with Gasteiger partial charge < -0.3 is 0 Å². The summed E-state index contributed by atoms with van der Waals surface area (Å²) in [5.41, 5.74) is 0.935. The average molecular weight is 279 g/mol. The molecule has 4 nitrogen and oxygen atoms in total. The molecule has 2 N–H and O–H groups in total. The Kier molecular flexibility index (Phi) is 3.42. The van der Waals surface area contributed by atoms with Crippen LogP contribution in [0.25, 0.3) is 0 Å². The molecule has 5 heteroatoms. The Morgan fingerprint density at radius 1 is 1.21 bits per heavy atom. The molecule has 1 heterocycles. The minimum Gasteiger partial charge on any atom is -0.266 e. The molecule has 0 bridgehead atoms. The maximum Gasteiger partial charge on any atom is 0.358 e. The number of nitrogens with one attached hydrogen (secondary N) is 2. The first-order valence-corrected chi connectivity index (χ1v) is 7.07. The van der Waals surface area contributed by atoms with Crippen LogP contribution in [-0.2, 0) is 4.79 Å². The topological polar surface area (TPSA) is 46.3 Å². The monoisotopic (exact) mass is 278 g/mol. The Hall–Kier alpha value is -1.55. The van der Waals surface area contributed by atoms with Crippen LogP contribution in [0.2, 0.25) is 5.02 Å². The zero-order valence-electron chi connectivity index (χ0n) is 10.7. The summed E-state index contributed by atoms with van der Waals surface area (Å²) in [6, 6.07) is 7.83. The summed E-state index contributed by atoms with van der Waals surface area (Å²) in [6.07, 6.45) is 4.61. The van der Waals surface area contributed by atoms with Crippen LogP contribution in [-0.4, -0.2) is 29.4 Å². The van der Waals surface area contributed by atoms with Crippen molar-refractivity contribution in [2.45, 2.75) is 31.7 Å². The molecule has 3 rings (SSSR count). The molecule has 0 unspecified atom stereocenters. The Morgan fingerprint density at radius 2 is 1.89 bits per heavy atom. The zero-order chi connectivity index (χ0) is 13.2. The fourth-order valence-electron chi connectivity index (χ4n) is 2.78. The quantitative estimate of drug-likeness (QED) is 0.847. The van der Waals surface area contributed by atoms with Crippen molar-refractivity contribution in [3.63, 3.8) is 0 Å². The summed E-state index contributed by atoms with van der Waals surface area (Å²) in [5, 5.41) is 3.98. The van der Waals surface area contributed by atoms with Gasteiger partial charge in [0.25, 0.3) is 0 Å². The molecule has 1 aromatic carbocycles. The molecule has 2 aliphatic rings. The number of halogens is 1. The molecule has 0 atom stereocenters. The van der Waals surface area contributed by atoms with Gasteiger partial charge in [-0.2, -0.15) is 4.90 Å². The molecular formula is C14H17ClN3O+. The van der Waals surface area contributed by atoms with Crippen LogP contribution in [0.4, 0.5) is 5.69 Å². The van der Waals surface area contributed by atoms with E-state index in [4.69, 9.17) is 11.6 Å². The standard InChI is InChI=1S/C14H16ClN3O/c15-10-5-7-11(8-6-10)17-14-16-9-13(19)18(14)12-3-1-2-4-12/h5-8,12H,1-4,9H2,(H,16,17)/p+1. The van der Waals surface area contributed by atoms with Gasteiger partial charge >= 0.3 is 11.9 Å². The second-order valence-electron chi connectivity index (χ2n) is 5.04. The lowest BCUT2D eigenvalue weighted by Gasteiger charge is -2.18. The van der Waals surface area contributed by atoms with Crippen molar-refractivity contribution < 1.29 is 9.79 Å². The minimum atomic E-state index is 0.156. The molecule has 1 fully saturated rings. The van der Waals surface area contributed by atoms with E-state index >= 15 is 0 Å². The van der Waals surface area contributed by atoms with E-state index < -0.39 is 0 Å². The third-order valence-electron chi connectivity index (χ3n) is 3.71. The van der Waals surface area contributed by atoms with E-state index in [0.717, 1.165) is 24.5 Å². The molecular weight excluding hydrogens is 262 g/mol. The number of benzene rings is 1. The lowest BCUT2D eigenvalue weighted by Crippen LogP contribution is -2.73. The number of hydrogen-bond acceptors (Lipinski definition) is 2. The summed E-state index contributed by atoms with van der Waals surface area (Å²) in [6.45, 7) is 0.381. The number of carbonyl (C=O) groups excluding carboxylic acids is 1. The van der Waals surface area contributed by atoms with Gasteiger partial charge in [-0.3, -0.25) is 9.79 Å². The molecule has 1 saturated carbocycles. The number of nitrogens with zero attached hydrogens (tertiary/aromatic N) is 1.